The Kier molecular flexibility index (Phi) is 7.02. The van der Waals surface area contributed by atoms with E-state index in [0.717, 1.165) is 32.4 Å². The van der Waals surface area contributed by atoms with Gasteiger partial charge in [0, 0.05) is 5.41 Å². The summed E-state index contributed by atoms with van der Waals surface area (Å²) < 4.78 is -0.665. The Morgan fingerprint density at radius 1 is 1.19 bits per heavy atom. The summed E-state index contributed by atoms with van der Waals surface area (Å²) in [4.78, 5) is 15.0. The Bertz CT molecular complexity index is 341. The van der Waals surface area contributed by atoms with Gasteiger partial charge in [-0.25, -0.2) is 0 Å². The lowest BCUT2D eigenvalue weighted by molar-refractivity contribution is -0.132. The van der Waals surface area contributed by atoms with E-state index in [-0.39, 0.29) is 11.5 Å². The molecule has 1 rings (SSSR count). The van der Waals surface area contributed by atoms with Crippen molar-refractivity contribution in [1.82, 2.24) is 4.90 Å². The summed E-state index contributed by atoms with van der Waals surface area (Å²) in [5.74, 6) is 0.701. The van der Waals surface area contributed by atoms with E-state index in [1.807, 2.05) is 20.8 Å². The number of halogens is 2. The van der Waals surface area contributed by atoms with E-state index in [0.29, 0.717) is 18.1 Å². The fourth-order valence-corrected chi connectivity index (χ4v) is 3.66. The third kappa shape index (κ3) is 5.11. The zero-order valence-electron chi connectivity index (χ0n) is 14.2. The summed E-state index contributed by atoms with van der Waals surface area (Å²) in [5, 5.41) is 0. The lowest BCUT2D eigenvalue weighted by Crippen LogP contribution is -2.47. The topological polar surface area (TPSA) is 20.3 Å². The van der Waals surface area contributed by atoms with Crippen LogP contribution in [0.25, 0.3) is 0 Å². The van der Waals surface area contributed by atoms with E-state index in [2.05, 4.69) is 18.7 Å². The standard InChI is InChI=1S/C17H31Cl2NO/c1-6-20(7-2)14(15(21)16(3,4)5)11-12-17(18,19)13-9-8-10-13/h13-14H,6-12H2,1-5H3/t14-/m0/s1. The number of rotatable bonds is 8. The molecule has 2 nitrogen and oxygen atoms in total. The van der Waals surface area contributed by atoms with Crippen molar-refractivity contribution in [2.45, 2.75) is 77.1 Å². The van der Waals surface area contributed by atoms with E-state index in [1.165, 1.54) is 6.42 Å². The molecule has 0 N–H and O–H groups in total. The number of alkyl halides is 2. The monoisotopic (exact) mass is 335 g/mol. The average molecular weight is 336 g/mol. The molecule has 0 aromatic carbocycles. The second-order valence-electron chi connectivity index (χ2n) is 7.28. The molecule has 0 saturated heterocycles. The summed E-state index contributed by atoms with van der Waals surface area (Å²) in [7, 11) is 0. The maximum absolute atomic E-state index is 12.8. The Labute approximate surface area is 140 Å². The number of Topliss-reactive ketones (excluding diaryl/α,β-unsaturated/α-hetero) is 1. The molecule has 1 atom stereocenters. The Morgan fingerprint density at radius 3 is 2.05 bits per heavy atom. The van der Waals surface area contributed by atoms with E-state index < -0.39 is 4.33 Å². The second-order valence-corrected chi connectivity index (χ2v) is 8.82. The molecule has 1 aliphatic carbocycles. The zero-order valence-corrected chi connectivity index (χ0v) is 15.7. The van der Waals surface area contributed by atoms with Gasteiger partial charge < -0.3 is 0 Å². The fraction of sp³-hybridized carbons (Fsp3) is 0.941. The van der Waals surface area contributed by atoms with Gasteiger partial charge in [-0.2, -0.15) is 0 Å². The highest BCUT2D eigenvalue weighted by Gasteiger charge is 2.40. The smallest absolute Gasteiger partial charge is 0.155 e. The molecule has 0 aromatic heterocycles. The van der Waals surface area contributed by atoms with Crippen LogP contribution in [0.3, 0.4) is 0 Å². The van der Waals surface area contributed by atoms with Crippen LogP contribution < -0.4 is 0 Å². The van der Waals surface area contributed by atoms with Gasteiger partial charge in [-0.3, -0.25) is 9.69 Å². The van der Waals surface area contributed by atoms with Crippen molar-refractivity contribution in [2.75, 3.05) is 13.1 Å². The molecule has 0 amide bonds. The van der Waals surface area contributed by atoms with Crippen LogP contribution in [0.5, 0.6) is 0 Å². The SMILES string of the molecule is CCN(CC)[C@@H](CCC(Cl)(Cl)C1CCC1)C(=O)C(C)(C)C. The fourth-order valence-electron chi connectivity index (χ4n) is 3.01. The predicted molar refractivity (Wildman–Crippen MR) is 92.2 cm³/mol. The summed E-state index contributed by atoms with van der Waals surface area (Å²) in [5.41, 5.74) is -0.328. The number of hydrogen-bond acceptors (Lipinski definition) is 2. The van der Waals surface area contributed by atoms with Crippen LogP contribution in [0.15, 0.2) is 0 Å². The minimum atomic E-state index is -0.665. The van der Waals surface area contributed by atoms with Gasteiger partial charge in [-0.15, -0.1) is 23.2 Å². The van der Waals surface area contributed by atoms with Crippen molar-refractivity contribution < 1.29 is 4.79 Å². The highest BCUT2D eigenvalue weighted by atomic mass is 35.5. The van der Waals surface area contributed by atoms with Crippen LogP contribution in [0.2, 0.25) is 0 Å². The van der Waals surface area contributed by atoms with Gasteiger partial charge in [0.05, 0.1) is 6.04 Å². The molecule has 0 radical (unpaired) electrons. The quantitative estimate of drug-likeness (QED) is 0.577. The molecule has 4 heteroatoms. The van der Waals surface area contributed by atoms with Gasteiger partial charge >= 0.3 is 0 Å². The normalized spacial score (nSPS) is 18.7. The minimum Gasteiger partial charge on any atom is -0.297 e. The minimum absolute atomic E-state index is 0.0723. The van der Waals surface area contributed by atoms with Gasteiger partial charge in [0.15, 0.2) is 5.78 Å². The van der Waals surface area contributed by atoms with Crippen molar-refractivity contribution >= 4 is 29.0 Å². The first kappa shape index (κ1) is 19.3. The molecule has 1 aliphatic rings. The van der Waals surface area contributed by atoms with Crippen molar-refractivity contribution in [3.8, 4) is 0 Å². The van der Waals surface area contributed by atoms with Crippen LogP contribution in [0.1, 0.15) is 66.7 Å². The number of carbonyl (C=O) groups excluding carboxylic acids is 1. The van der Waals surface area contributed by atoms with Crippen molar-refractivity contribution in [1.29, 1.82) is 0 Å². The van der Waals surface area contributed by atoms with E-state index in [4.69, 9.17) is 23.2 Å². The Hall–Kier alpha value is 0.210. The highest BCUT2D eigenvalue weighted by molar-refractivity contribution is 6.48. The maximum Gasteiger partial charge on any atom is 0.155 e. The summed E-state index contributed by atoms with van der Waals surface area (Å²) in [6.07, 6.45) is 4.92. The third-order valence-corrected chi connectivity index (χ3v) is 5.74. The lowest BCUT2D eigenvalue weighted by Gasteiger charge is -2.39. The highest BCUT2D eigenvalue weighted by Crippen LogP contribution is 2.46. The van der Waals surface area contributed by atoms with E-state index in [9.17, 15) is 4.79 Å². The molecular weight excluding hydrogens is 305 g/mol. The first-order valence-corrected chi connectivity index (χ1v) is 9.05. The van der Waals surface area contributed by atoms with Crippen molar-refractivity contribution in [3.05, 3.63) is 0 Å². The first-order chi connectivity index (χ1) is 9.63. The van der Waals surface area contributed by atoms with Gasteiger partial charge in [0.1, 0.15) is 4.33 Å². The van der Waals surface area contributed by atoms with Gasteiger partial charge in [0.25, 0.3) is 0 Å². The van der Waals surface area contributed by atoms with Gasteiger partial charge in [-0.1, -0.05) is 41.0 Å². The molecule has 0 spiro atoms. The summed E-state index contributed by atoms with van der Waals surface area (Å²) in [6, 6.07) is -0.0723. The van der Waals surface area contributed by atoms with E-state index in [1.54, 1.807) is 0 Å². The zero-order chi connectivity index (χ0) is 16.3. The van der Waals surface area contributed by atoms with Crippen molar-refractivity contribution in [2.24, 2.45) is 11.3 Å². The third-order valence-electron chi connectivity index (χ3n) is 4.75. The molecule has 0 aromatic rings. The molecule has 0 bridgehead atoms. The molecule has 21 heavy (non-hydrogen) atoms. The second kappa shape index (κ2) is 7.66. The number of hydrogen-bond donors (Lipinski definition) is 0. The van der Waals surface area contributed by atoms with Crippen LogP contribution >= 0.6 is 23.2 Å². The molecule has 0 aliphatic heterocycles. The number of likely N-dealkylation sites (N-methyl/N-ethyl adjacent to an activating group) is 1. The number of carbonyl (C=O) groups is 1. The molecule has 124 valence electrons. The van der Waals surface area contributed by atoms with Gasteiger partial charge in [-0.05, 0) is 44.7 Å². The van der Waals surface area contributed by atoms with Crippen LogP contribution in [-0.2, 0) is 4.79 Å². The molecule has 1 saturated carbocycles. The maximum atomic E-state index is 12.8. The predicted octanol–water partition coefficient (Wildman–Crippen LogP) is 5.07. The Balaban J connectivity index is 2.75. The van der Waals surface area contributed by atoms with Crippen LogP contribution in [-0.4, -0.2) is 34.1 Å². The number of nitrogens with zero attached hydrogens (tertiary/aromatic N) is 1. The van der Waals surface area contributed by atoms with Crippen LogP contribution in [0.4, 0.5) is 0 Å². The largest absolute Gasteiger partial charge is 0.297 e. The van der Waals surface area contributed by atoms with Crippen molar-refractivity contribution in [3.63, 3.8) is 0 Å². The molecule has 0 unspecified atom stereocenters. The molecule has 1 fully saturated rings. The summed E-state index contributed by atoms with van der Waals surface area (Å²) in [6.45, 7) is 11.9. The van der Waals surface area contributed by atoms with Crippen LogP contribution in [0, 0.1) is 11.3 Å². The molecular formula is C17H31Cl2NO. The average Bonchev–Trinajstić information content (AvgIpc) is 2.29. The summed E-state index contributed by atoms with van der Waals surface area (Å²) >= 11 is 13.1. The lowest BCUT2D eigenvalue weighted by atomic mass is 9.79. The Morgan fingerprint density at radius 2 is 1.71 bits per heavy atom. The van der Waals surface area contributed by atoms with E-state index >= 15 is 0 Å². The molecule has 0 heterocycles. The van der Waals surface area contributed by atoms with Gasteiger partial charge in [0.2, 0.25) is 0 Å². The first-order valence-electron chi connectivity index (χ1n) is 8.29. The number of ketones is 1.